The Labute approximate surface area is 111 Å². The quantitative estimate of drug-likeness (QED) is 0.791. The fraction of sp³-hybridized carbons (Fsp3) is 0.750. The van der Waals surface area contributed by atoms with Crippen molar-refractivity contribution >= 4 is 5.95 Å². The van der Waals surface area contributed by atoms with Crippen LogP contribution in [0.25, 0.3) is 0 Å². The first-order valence-corrected chi connectivity index (χ1v) is 6.53. The molecule has 2 atom stereocenters. The number of hydrogen-bond donors (Lipinski definition) is 1. The average molecular weight is 270 g/mol. The van der Waals surface area contributed by atoms with Gasteiger partial charge in [-0.15, -0.1) is 4.91 Å². The summed E-state index contributed by atoms with van der Waals surface area (Å²) in [7, 11) is 0. The van der Waals surface area contributed by atoms with Crippen LogP contribution in [-0.4, -0.2) is 52.0 Å². The molecule has 7 heteroatoms. The maximum Gasteiger partial charge on any atom is 0.271 e. The molecule has 1 aromatic heterocycles. The molecule has 106 valence electrons. The summed E-state index contributed by atoms with van der Waals surface area (Å²) in [5.41, 5.74) is 0. The van der Waals surface area contributed by atoms with Gasteiger partial charge in [0.2, 0.25) is 0 Å². The van der Waals surface area contributed by atoms with Gasteiger partial charge in [-0.05, 0) is 19.4 Å². The van der Waals surface area contributed by atoms with Crippen LogP contribution in [-0.2, 0) is 6.54 Å². The number of rotatable bonds is 6. The van der Waals surface area contributed by atoms with Gasteiger partial charge in [-0.25, -0.2) is 4.98 Å². The van der Waals surface area contributed by atoms with Gasteiger partial charge in [0, 0.05) is 36.6 Å². The number of imidazole rings is 1. The van der Waals surface area contributed by atoms with Crippen LogP contribution in [0.4, 0.5) is 10.3 Å². The summed E-state index contributed by atoms with van der Waals surface area (Å²) in [4.78, 5) is 16.3. The molecule has 6 nitrogen and oxygen atoms in total. The second kappa shape index (κ2) is 6.72. The molecular formula is C12H19FN4O2. The summed E-state index contributed by atoms with van der Waals surface area (Å²) in [6, 6.07) is 0. The van der Waals surface area contributed by atoms with Crippen LogP contribution in [0.3, 0.4) is 0 Å². The first kappa shape index (κ1) is 14.1. The molecule has 2 unspecified atom stereocenters. The van der Waals surface area contributed by atoms with Crippen molar-refractivity contribution in [3.05, 3.63) is 17.3 Å². The standard InChI is InChI=1S/C12H19FN4O2/c13-6-10-2-1-4-16(7-10)8-11(18)9-17-5-3-14-12(17)15-19/h3,5,10-11,18H,1-2,4,6-9H2. The number of likely N-dealkylation sites (tertiary alicyclic amines) is 1. The summed E-state index contributed by atoms with van der Waals surface area (Å²) in [5.74, 6) is 0.153. The summed E-state index contributed by atoms with van der Waals surface area (Å²) in [6.45, 7) is 2.03. The zero-order valence-corrected chi connectivity index (χ0v) is 10.8. The van der Waals surface area contributed by atoms with Crippen LogP contribution in [0.5, 0.6) is 0 Å². The summed E-state index contributed by atoms with van der Waals surface area (Å²) < 4.78 is 14.2. The Kier molecular flexibility index (Phi) is 4.98. The van der Waals surface area contributed by atoms with E-state index in [2.05, 4.69) is 15.1 Å². The molecule has 0 spiro atoms. The summed E-state index contributed by atoms with van der Waals surface area (Å²) in [5, 5.41) is 12.8. The minimum Gasteiger partial charge on any atom is -0.390 e. The van der Waals surface area contributed by atoms with Gasteiger partial charge in [-0.2, -0.15) is 0 Å². The van der Waals surface area contributed by atoms with Crippen LogP contribution < -0.4 is 0 Å². The molecule has 1 saturated heterocycles. The van der Waals surface area contributed by atoms with E-state index in [1.807, 2.05) is 0 Å². The fourth-order valence-electron chi connectivity index (χ4n) is 2.57. The largest absolute Gasteiger partial charge is 0.390 e. The lowest BCUT2D eigenvalue weighted by molar-refractivity contribution is 0.0694. The van der Waals surface area contributed by atoms with Gasteiger partial charge >= 0.3 is 0 Å². The van der Waals surface area contributed by atoms with Gasteiger partial charge in [0.05, 0.1) is 19.3 Å². The molecule has 1 aliphatic heterocycles. The third-order valence-electron chi connectivity index (χ3n) is 3.47. The van der Waals surface area contributed by atoms with E-state index in [0.717, 1.165) is 19.4 Å². The van der Waals surface area contributed by atoms with Crippen LogP contribution in [0.15, 0.2) is 17.6 Å². The van der Waals surface area contributed by atoms with Crippen LogP contribution in [0.1, 0.15) is 12.8 Å². The summed E-state index contributed by atoms with van der Waals surface area (Å²) in [6.07, 6.45) is 4.36. The molecule has 0 saturated carbocycles. The summed E-state index contributed by atoms with van der Waals surface area (Å²) >= 11 is 0. The van der Waals surface area contributed by atoms with Gasteiger partial charge in [-0.1, -0.05) is 0 Å². The van der Waals surface area contributed by atoms with E-state index in [9.17, 15) is 14.4 Å². The monoisotopic (exact) mass is 270 g/mol. The molecule has 0 radical (unpaired) electrons. The van der Waals surface area contributed by atoms with Crippen LogP contribution in [0, 0.1) is 10.8 Å². The predicted molar refractivity (Wildman–Crippen MR) is 68.8 cm³/mol. The predicted octanol–water partition coefficient (Wildman–Crippen LogP) is 1.32. The maximum absolute atomic E-state index is 12.6. The highest BCUT2D eigenvalue weighted by atomic mass is 19.1. The number of halogens is 1. The molecule has 1 aliphatic rings. The molecular weight excluding hydrogens is 251 g/mol. The normalized spacial score (nSPS) is 22.3. The van der Waals surface area contributed by atoms with Crippen molar-refractivity contribution in [3.8, 4) is 0 Å². The number of nitroso groups, excluding NO2 is 1. The zero-order chi connectivity index (χ0) is 13.7. The molecule has 0 aromatic carbocycles. The third kappa shape index (κ3) is 3.81. The van der Waals surface area contributed by atoms with E-state index in [1.165, 1.54) is 10.8 Å². The number of aromatic nitrogens is 2. The molecule has 1 fully saturated rings. The van der Waals surface area contributed by atoms with Crippen molar-refractivity contribution in [2.75, 3.05) is 26.3 Å². The smallest absolute Gasteiger partial charge is 0.271 e. The Balaban J connectivity index is 1.83. The minimum atomic E-state index is -0.618. The second-order valence-corrected chi connectivity index (χ2v) is 5.05. The van der Waals surface area contributed by atoms with E-state index in [0.29, 0.717) is 13.1 Å². The van der Waals surface area contributed by atoms with E-state index < -0.39 is 6.10 Å². The molecule has 2 rings (SSSR count). The third-order valence-corrected chi connectivity index (χ3v) is 3.47. The Hall–Kier alpha value is -1.34. The zero-order valence-electron chi connectivity index (χ0n) is 10.8. The van der Waals surface area contributed by atoms with Crippen molar-refractivity contribution < 1.29 is 9.50 Å². The maximum atomic E-state index is 12.6. The van der Waals surface area contributed by atoms with E-state index >= 15 is 0 Å². The number of piperidine rings is 1. The first-order chi connectivity index (χ1) is 9.22. The number of alkyl halides is 1. The number of aliphatic hydroxyl groups excluding tert-OH is 1. The van der Waals surface area contributed by atoms with Crippen LogP contribution >= 0.6 is 0 Å². The van der Waals surface area contributed by atoms with Crippen molar-refractivity contribution in [1.29, 1.82) is 0 Å². The highest BCUT2D eigenvalue weighted by molar-refractivity contribution is 5.15. The molecule has 1 N–H and O–H groups in total. The van der Waals surface area contributed by atoms with Crippen molar-refractivity contribution in [3.63, 3.8) is 0 Å². The number of β-amino-alcohol motifs (C(OH)–C–C–N with tert-alkyl or cyclic N) is 1. The molecule has 0 bridgehead atoms. The highest BCUT2D eigenvalue weighted by Gasteiger charge is 2.22. The molecule has 19 heavy (non-hydrogen) atoms. The number of nitrogens with zero attached hydrogens (tertiary/aromatic N) is 4. The Bertz CT molecular complexity index is 412. The molecule has 1 aromatic rings. The van der Waals surface area contributed by atoms with Crippen molar-refractivity contribution in [2.24, 2.45) is 11.1 Å². The average Bonchev–Trinajstić information content (AvgIpc) is 2.86. The molecule has 0 aliphatic carbocycles. The first-order valence-electron chi connectivity index (χ1n) is 6.53. The van der Waals surface area contributed by atoms with E-state index in [1.54, 1.807) is 6.20 Å². The number of hydrogen-bond acceptors (Lipinski definition) is 5. The Morgan fingerprint density at radius 1 is 1.58 bits per heavy atom. The van der Waals surface area contributed by atoms with Gasteiger partial charge in [-0.3, -0.25) is 4.39 Å². The SMILES string of the molecule is O=Nc1nccn1CC(O)CN1CCCC(CF)C1. The Morgan fingerprint density at radius 3 is 3.16 bits per heavy atom. The van der Waals surface area contributed by atoms with E-state index in [4.69, 9.17) is 0 Å². The van der Waals surface area contributed by atoms with Crippen molar-refractivity contribution in [2.45, 2.75) is 25.5 Å². The lowest BCUT2D eigenvalue weighted by Gasteiger charge is -2.32. The van der Waals surface area contributed by atoms with Crippen LogP contribution in [0.2, 0.25) is 0 Å². The lowest BCUT2D eigenvalue weighted by atomic mass is 9.99. The van der Waals surface area contributed by atoms with Gasteiger partial charge in [0.25, 0.3) is 5.95 Å². The van der Waals surface area contributed by atoms with Gasteiger partial charge in [0.15, 0.2) is 0 Å². The van der Waals surface area contributed by atoms with Gasteiger partial charge < -0.3 is 14.6 Å². The topological polar surface area (TPSA) is 70.7 Å². The van der Waals surface area contributed by atoms with Gasteiger partial charge in [0.1, 0.15) is 0 Å². The minimum absolute atomic E-state index is 0.0688. The fourth-order valence-corrected chi connectivity index (χ4v) is 2.57. The van der Waals surface area contributed by atoms with Crippen molar-refractivity contribution in [1.82, 2.24) is 14.5 Å². The molecule has 0 amide bonds. The number of aliphatic hydroxyl groups is 1. The highest BCUT2D eigenvalue weighted by Crippen LogP contribution is 2.17. The molecule has 2 heterocycles. The second-order valence-electron chi connectivity index (χ2n) is 5.05. The lowest BCUT2D eigenvalue weighted by Crippen LogP contribution is -2.41. The van der Waals surface area contributed by atoms with E-state index in [-0.39, 0.29) is 25.1 Å². The Morgan fingerprint density at radius 2 is 2.42 bits per heavy atom.